The Kier molecular flexibility index (Phi) is 4.87. The summed E-state index contributed by atoms with van der Waals surface area (Å²) < 4.78 is 0. The minimum Gasteiger partial charge on any atom is -0.360 e. The zero-order chi connectivity index (χ0) is 18.8. The van der Waals surface area contributed by atoms with E-state index in [2.05, 4.69) is 37.0 Å². The molecule has 1 heterocycles. The van der Waals surface area contributed by atoms with Crippen LogP contribution in [0.1, 0.15) is 32.3 Å². The van der Waals surface area contributed by atoms with Crippen LogP contribution in [0.3, 0.4) is 0 Å². The third-order valence-corrected chi connectivity index (χ3v) is 6.18. The highest BCUT2D eigenvalue weighted by molar-refractivity contribution is 8.00. The number of H-pyrrole nitrogens is 1. The average Bonchev–Trinajstić information content (AvgIpc) is 3.13. The molecule has 3 heteroatoms. The van der Waals surface area contributed by atoms with Gasteiger partial charge in [-0.1, -0.05) is 54.6 Å². The molecule has 0 saturated heterocycles. The second-order valence-electron chi connectivity index (χ2n) is 6.77. The van der Waals surface area contributed by atoms with Crippen LogP contribution in [0.5, 0.6) is 0 Å². The van der Waals surface area contributed by atoms with Gasteiger partial charge in [0, 0.05) is 27.6 Å². The summed E-state index contributed by atoms with van der Waals surface area (Å²) in [5, 5.41) is 0.691. The molecule has 0 spiro atoms. The minimum atomic E-state index is -0.285. The molecular weight excluding hydrogens is 350 g/mol. The molecule has 0 amide bonds. The maximum atomic E-state index is 13.5. The standard InChI is InChI=1S/C24H21NOS/c1-16-12-13-19(14-17(16)2)27-24(18-8-4-3-5-9-18)23(26)21-15-25-22-11-7-6-10-20(21)22/h3-15,24-25H,1-2H3/t24-/m0/s1. The largest absolute Gasteiger partial charge is 0.360 e. The van der Waals surface area contributed by atoms with Crippen molar-refractivity contribution in [2.24, 2.45) is 0 Å². The number of carbonyl (C=O) groups excluding carboxylic acids is 1. The highest BCUT2D eigenvalue weighted by Gasteiger charge is 2.25. The number of rotatable bonds is 5. The lowest BCUT2D eigenvalue weighted by Crippen LogP contribution is -2.09. The minimum absolute atomic E-state index is 0.127. The number of carbonyl (C=O) groups is 1. The number of thioether (sulfide) groups is 1. The molecule has 0 saturated carbocycles. The normalized spacial score (nSPS) is 12.2. The predicted molar refractivity (Wildman–Crippen MR) is 114 cm³/mol. The van der Waals surface area contributed by atoms with Crippen LogP contribution >= 0.6 is 11.8 Å². The Labute approximate surface area is 163 Å². The van der Waals surface area contributed by atoms with Crippen LogP contribution in [0.25, 0.3) is 10.9 Å². The van der Waals surface area contributed by atoms with Gasteiger partial charge in [0.25, 0.3) is 0 Å². The molecule has 1 aromatic heterocycles. The van der Waals surface area contributed by atoms with Gasteiger partial charge in [0.1, 0.15) is 0 Å². The molecule has 0 unspecified atom stereocenters. The fourth-order valence-electron chi connectivity index (χ4n) is 3.24. The van der Waals surface area contributed by atoms with E-state index >= 15 is 0 Å². The topological polar surface area (TPSA) is 32.9 Å². The molecule has 0 aliphatic heterocycles. The summed E-state index contributed by atoms with van der Waals surface area (Å²) in [5.41, 5.74) is 5.26. The van der Waals surface area contributed by atoms with E-state index in [1.165, 1.54) is 11.1 Å². The number of benzene rings is 3. The summed E-state index contributed by atoms with van der Waals surface area (Å²) in [6.45, 7) is 4.22. The third-order valence-electron chi connectivity index (χ3n) is 4.93. The Morgan fingerprint density at radius 3 is 2.41 bits per heavy atom. The monoisotopic (exact) mass is 371 g/mol. The van der Waals surface area contributed by atoms with Gasteiger partial charge < -0.3 is 4.98 Å². The number of hydrogen-bond acceptors (Lipinski definition) is 2. The molecule has 27 heavy (non-hydrogen) atoms. The Morgan fingerprint density at radius 2 is 1.63 bits per heavy atom. The first-order valence-corrected chi connectivity index (χ1v) is 9.90. The zero-order valence-electron chi connectivity index (χ0n) is 15.4. The predicted octanol–water partition coefficient (Wildman–Crippen LogP) is 6.50. The van der Waals surface area contributed by atoms with Gasteiger partial charge in [-0.15, -0.1) is 11.8 Å². The lowest BCUT2D eigenvalue weighted by molar-refractivity contribution is 0.0991. The SMILES string of the molecule is Cc1ccc(S[C@H](C(=O)c2c[nH]c3ccccc23)c2ccccc2)cc1C. The van der Waals surface area contributed by atoms with E-state index in [4.69, 9.17) is 0 Å². The number of para-hydroxylation sites is 1. The van der Waals surface area contributed by atoms with Crippen molar-refractivity contribution >= 4 is 28.4 Å². The number of Topliss-reactive ketones (excluding diaryl/α,β-unsaturated/α-hetero) is 1. The number of aryl methyl sites for hydroxylation is 2. The molecule has 2 nitrogen and oxygen atoms in total. The molecule has 134 valence electrons. The van der Waals surface area contributed by atoms with Gasteiger partial charge in [-0.3, -0.25) is 4.79 Å². The van der Waals surface area contributed by atoms with Crippen LogP contribution in [0.4, 0.5) is 0 Å². The molecular formula is C24H21NOS. The van der Waals surface area contributed by atoms with E-state index < -0.39 is 0 Å². The van der Waals surface area contributed by atoms with Crippen molar-refractivity contribution in [3.05, 3.63) is 101 Å². The summed E-state index contributed by atoms with van der Waals surface area (Å²) >= 11 is 1.62. The Balaban J connectivity index is 1.75. The average molecular weight is 372 g/mol. The Morgan fingerprint density at radius 1 is 0.889 bits per heavy atom. The van der Waals surface area contributed by atoms with Crippen molar-refractivity contribution in [1.29, 1.82) is 0 Å². The first kappa shape index (κ1) is 17.6. The van der Waals surface area contributed by atoms with Crippen LogP contribution in [-0.4, -0.2) is 10.8 Å². The fraction of sp³-hybridized carbons (Fsp3) is 0.125. The van der Waals surface area contributed by atoms with Crippen molar-refractivity contribution in [3.8, 4) is 0 Å². The molecule has 1 atom stereocenters. The Hall–Kier alpha value is -2.78. The van der Waals surface area contributed by atoms with Crippen molar-refractivity contribution in [2.75, 3.05) is 0 Å². The highest BCUT2D eigenvalue weighted by atomic mass is 32.2. The van der Waals surface area contributed by atoms with E-state index in [-0.39, 0.29) is 11.0 Å². The van der Waals surface area contributed by atoms with Crippen molar-refractivity contribution < 1.29 is 4.79 Å². The van der Waals surface area contributed by atoms with Crippen LogP contribution in [0.2, 0.25) is 0 Å². The lowest BCUT2D eigenvalue weighted by atomic mass is 10.0. The first-order valence-electron chi connectivity index (χ1n) is 9.02. The summed E-state index contributed by atoms with van der Waals surface area (Å²) in [4.78, 5) is 17.9. The second kappa shape index (κ2) is 7.45. The van der Waals surface area contributed by atoms with Gasteiger partial charge in [0.15, 0.2) is 5.78 Å². The lowest BCUT2D eigenvalue weighted by Gasteiger charge is -2.16. The van der Waals surface area contributed by atoms with Gasteiger partial charge in [-0.25, -0.2) is 0 Å². The van der Waals surface area contributed by atoms with Gasteiger partial charge in [-0.05, 0) is 48.7 Å². The molecule has 3 aromatic carbocycles. The van der Waals surface area contributed by atoms with Crippen LogP contribution in [-0.2, 0) is 0 Å². The highest BCUT2D eigenvalue weighted by Crippen LogP contribution is 2.39. The number of fused-ring (bicyclic) bond motifs is 1. The molecule has 0 bridgehead atoms. The quantitative estimate of drug-likeness (QED) is 0.321. The number of nitrogens with one attached hydrogen (secondary N) is 1. The molecule has 0 aliphatic rings. The maximum absolute atomic E-state index is 13.5. The van der Waals surface area contributed by atoms with Crippen LogP contribution in [0.15, 0.2) is 83.9 Å². The molecule has 4 rings (SSSR count). The Bertz CT molecular complexity index is 1100. The van der Waals surface area contributed by atoms with Crippen LogP contribution in [0, 0.1) is 13.8 Å². The molecule has 4 aromatic rings. The van der Waals surface area contributed by atoms with E-state index in [0.29, 0.717) is 0 Å². The summed E-state index contributed by atoms with van der Waals surface area (Å²) in [5.74, 6) is 0.127. The van der Waals surface area contributed by atoms with E-state index in [1.54, 1.807) is 11.8 Å². The molecule has 0 fully saturated rings. The van der Waals surface area contributed by atoms with Gasteiger partial charge in [0.2, 0.25) is 0 Å². The van der Waals surface area contributed by atoms with Gasteiger partial charge in [-0.2, -0.15) is 0 Å². The summed E-state index contributed by atoms with van der Waals surface area (Å²) in [7, 11) is 0. The van der Waals surface area contributed by atoms with Gasteiger partial charge >= 0.3 is 0 Å². The number of ketones is 1. The number of aromatic amines is 1. The van der Waals surface area contributed by atoms with Gasteiger partial charge in [0.05, 0.1) is 5.25 Å². The summed E-state index contributed by atoms with van der Waals surface area (Å²) in [6.07, 6.45) is 1.84. The van der Waals surface area contributed by atoms with E-state index in [9.17, 15) is 4.79 Å². The zero-order valence-corrected chi connectivity index (χ0v) is 16.2. The smallest absolute Gasteiger partial charge is 0.182 e. The van der Waals surface area contributed by atoms with Crippen LogP contribution < -0.4 is 0 Å². The maximum Gasteiger partial charge on any atom is 0.182 e. The van der Waals surface area contributed by atoms with Crippen molar-refractivity contribution in [2.45, 2.75) is 24.0 Å². The second-order valence-corrected chi connectivity index (χ2v) is 7.95. The van der Waals surface area contributed by atoms with E-state index in [0.717, 1.165) is 26.9 Å². The number of hydrogen-bond donors (Lipinski definition) is 1. The number of aromatic nitrogens is 1. The van der Waals surface area contributed by atoms with Crippen molar-refractivity contribution in [1.82, 2.24) is 4.98 Å². The van der Waals surface area contributed by atoms with Crippen molar-refractivity contribution in [3.63, 3.8) is 0 Å². The molecule has 0 radical (unpaired) electrons. The molecule has 0 aliphatic carbocycles. The molecule has 1 N–H and O–H groups in total. The first-order chi connectivity index (χ1) is 13.1. The fourth-order valence-corrected chi connectivity index (χ4v) is 4.43. The summed E-state index contributed by atoms with van der Waals surface area (Å²) in [6, 6.07) is 24.4. The third kappa shape index (κ3) is 3.56. The van der Waals surface area contributed by atoms with E-state index in [1.807, 2.05) is 60.8 Å².